The van der Waals surface area contributed by atoms with Gasteiger partial charge in [0.05, 0.1) is 7.11 Å². The Balaban J connectivity index is 1.66. The highest BCUT2D eigenvalue weighted by Crippen LogP contribution is 2.47. The van der Waals surface area contributed by atoms with Crippen LogP contribution in [0, 0.1) is 0 Å². The lowest BCUT2D eigenvalue weighted by Crippen LogP contribution is -2.32. The van der Waals surface area contributed by atoms with Crippen LogP contribution in [0.2, 0.25) is 5.02 Å². The van der Waals surface area contributed by atoms with Gasteiger partial charge >= 0.3 is 0 Å². The fraction of sp³-hybridized carbons (Fsp3) is 0.278. The second kappa shape index (κ2) is 6.01. The highest BCUT2D eigenvalue weighted by Gasteiger charge is 2.44. The third-order valence-corrected chi connectivity index (χ3v) is 4.48. The maximum atomic E-state index is 12.3. The second-order valence-corrected chi connectivity index (χ2v) is 6.14. The van der Waals surface area contributed by atoms with Gasteiger partial charge in [-0.3, -0.25) is 4.79 Å². The molecule has 4 heteroatoms. The molecule has 0 spiro atoms. The number of benzene rings is 2. The van der Waals surface area contributed by atoms with Crippen molar-refractivity contribution in [2.75, 3.05) is 13.7 Å². The number of hydrogen-bond acceptors (Lipinski definition) is 2. The first-order valence-corrected chi connectivity index (χ1v) is 7.69. The average Bonchev–Trinajstić information content (AvgIpc) is 3.34. The summed E-state index contributed by atoms with van der Waals surface area (Å²) in [5.41, 5.74) is 1.92. The summed E-state index contributed by atoms with van der Waals surface area (Å²) in [4.78, 5) is 12.3. The minimum atomic E-state index is -0.0702. The van der Waals surface area contributed by atoms with Gasteiger partial charge in [0.2, 0.25) is 0 Å². The minimum absolute atomic E-state index is 0.0686. The molecule has 1 amide bonds. The van der Waals surface area contributed by atoms with Crippen molar-refractivity contribution in [2.24, 2.45) is 0 Å². The maximum Gasteiger partial charge on any atom is 0.251 e. The van der Waals surface area contributed by atoms with Crippen LogP contribution in [-0.4, -0.2) is 19.6 Å². The molecule has 0 unspecified atom stereocenters. The van der Waals surface area contributed by atoms with Crippen molar-refractivity contribution >= 4 is 17.5 Å². The van der Waals surface area contributed by atoms with Gasteiger partial charge in [-0.1, -0.05) is 29.8 Å². The Morgan fingerprint density at radius 2 is 1.95 bits per heavy atom. The fourth-order valence-electron chi connectivity index (χ4n) is 2.64. The molecule has 0 radical (unpaired) electrons. The Morgan fingerprint density at radius 1 is 1.23 bits per heavy atom. The van der Waals surface area contributed by atoms with Gasteiger partial charge in [0.15, 0.2) is 0 Å². The summed E-state index contributed by atoms with van der Waals surface area (Å²) in [6.07, 6.45) is 2.18. The lowest BCUT2D eigenvalue weighted by molar-refractivity contribution is 0.0949. The number of carbonyl (C=O) groups is 1. The third-order valence-electron chi connectivity index (χ3n) is 4.23. The summed E-state index contributed by atoms with van der Waals surface area (Å²) in [5.74, 6) is 0.616. The van der Waals surface area contributed by atoms with Crippen molar-refractivity contribution in [3.63, 3.8) is 0 Å². The first kappa shape index (κ1) is 14.9. The normalized spacial score (nSPS) is 15.2. The summed E-state index contributed by atoms with van der Waals surface area (Å²) in [5, 5.41) is 3.77. The van der Waals surface area contributed by atoms with E-state index in [1.54, 1.807) is 19.2 Å². The SMILES string of the molecule is COc1cccc(C(=O)NCC2(c3ccc(Cl)cc3)CC2)c1. The number of methoxy groups -OCH3 is 1. The van der Waals surface area contributed by atoms with Crippen LogP contribution in [0.3, 0.4) is 0 Å². The molecule has 0 saturated heterocycles. The molecule has 0 aromatic heterocycles. The Hall–Kier alpha value is -2.00. The van der Waals surface area contributed by atoms with Crippen molar-refractivity contribution in [3.05, 3.63) is 64.7 Å². The zero-order valence-electron chi connectivity index (χ0n) is 12.4. The lowest BCUT2D eigenvalue weighted by Gasteiger charge is -2.17. The smallest absolute Gasteiger partial charge is 0.251 e. The quantitative estimate of drug-likeness (QED) is 0.911. The van der Waals surface area contributed by atoms with Crippen molar-refractivity contribution in [1.29, 1.82) is 0 Å². The molecular weight excluding hydrogens is 298 g/mol. The molecule has 2 aromatic rings. The molecule has 1 fully saturated rings. The summed E-state index contributed by atoms with van der Waals surface area (Å²) < 4.78 is 5.15. The number of carbonyl (C=O) groups excluding carboxylic acids is 1. The van der Waals surface area contributed by atoms with Gasteiger partial charge in [-0.15, -0.1) is 0 Å². The van der Waals surface area contributed by atoms with Gasteiger partial charge in [0.25, 0.3) is 5.91 Å². The van der Waals surface area contributed by atoms with Crippen LogP contribution in [0.1, 0.15) is 28.8 Å². The zero-order valence-corrected chi connectivity index (χ0v) is 13.2. The van der Waals surface area contributed by atoms with Crippen molar-refractivity contribution < 1.29 is 9.53 Å². The summed E-state index contributed by atoms with van der Waals surface area (Å²) >= 11 is 5.94. The number of rotatable bonds is 5. The first-order chi connectivity index (χ1) is 10.6. The summed E-state index contributed by atoms with van der Waals surface area (Å²) in [6.45, 7) is 0.644. The first-order valence-electron chi connectivity index (χ1n) is 7.31. The monoisotopic (exact) mass is 315 g/mol. The zero-order chi connectivity index (χ0) is 15.6. The molecule has 22 heavy (non-hydrogen) atoms. The molecule has 1 aliphatic rings. The van der Waals surface area contributed by atoms with Gasteiger partial charge < -0.3 is 10.1 Å². The van der Waals surface area contributed by atoms with E-state index in [9.17, 15) is 4.79 Å². The molecule has 1 N–H and O–H groups in total. The number of halogens is 1. The van der Waals surface area contributed by atoms with Gasteiger partial charge in [0.1, 0.15) is 5.75 Å². The topological polar surface area (TPSA) is 38.3 Å². The Morgan fingerprint density at radius 3 is 2.59 bits per heavy atom. The summed E-state index contributed by atoms with van der Waals surface area (Å²) in [7, 11) is 1.59. The summed E-state index contributed by atoms with van der Waals surface area (Å²) in [6, 6.07) is 15.1. The van der Waals surface area contributed by atoms with Gasteiger partial charge in [-0.25, -0.2) is 0 Å². The highest BCUT2D eigenvalue weighted by molar-refractivity contribution is 6.30. The molecule has 2 aromatic carbocycles. The van der Waals surface area contributed by atoms with E-state index in [4.69, 9.17) is 16.3 Å². The van der Waals surface area contributed by atoms with E-state index >= 15 is 0 Å². The molecule has 3 nitrogen and oxygen atoms in total. The van der Waals surface area contributed by atoms with E-state index in [1.165, 1.54) is 5.56 Å². The van der Waals surface area contributed by atoms with Gasteiger partial charge in [-0.2, -0.15) is 0 Å². The molecule has 0 atom stereocenters. The van der Waals surface area contributed by atoms with E-state index in [2.05, 4.69) is 5.32 Å². The van der Waals surface area contributed by atoms with Crippen molar-refractivity contribution in [2.45, 2.75) is 18.3 Å². The predicted molar refractivity (Wildman–Crippen MR) is 87.7 cm³/mol. The highest BCUT2D eigenvalue weighted by atomic mass is 35.5. The van der Waals surface area contributed by atoms with E-state index in [-0.39, 0.29) is 11.3 Å². The van der Waals surface area contributed by atoms with E-state index < -0.39 is 0 Å². The standard InChI is InChI=1S/C18H18ClNO2/c1-22-16-4-2-3-13(11-16)17(21)20-12-18(9-10-18)14-5-7-15(19)8-6-14/h2-8,11H,9-10,12H2,1H3,(H,20,21). The average molecular weight is 316 g/mol. The Kier molecular flexibility index (Phi) is 4.08. The number of ether oxygens (including phenoxy) is 1. The van der Waals surface area contributed by atoms with Gasteiger partial charge in [0, 0.05) is 22.5 Å². The lowest BCUT2D eigenvalue weighted by atomic mass is 9.96. The van der Waals surface area contributed by atoms with Crippen LogP contribution in [-0.2, 0) is 5.41 Å². The minimum Gasteiger partial charge on any atom is -0.497 e. The number of amides is 1. The molecule has 1 saturated carbocycles. The third kappa shape index (κ3) is 3.09. The van der Waals surface area contributed by atoms with Crippen molar-refractivity contribution in [1.82, 2.24) is 5.32 Å². The number of nitrogens with one attached hydrogen (secondary N) is 1. The molecule has 3 rings (SSSR count). The van der Waals surface area contributed by atoms with E-state index in [1.807, 2.05) is 36.4 Å². The van der Waals surface area contributed by atoms with Crippen LogP contribution < -0.4 is 10.1 Å². The van der Waals surface area contributed by atoms with E-state index in [0.717, 1.165) is 17.9 Å². The predicted octanol–water partition coefficient (Wildman–Crippen LogP) is 3.81. The van der Waals surface area contributed by atoms with E-state index in [0.29, 0.717) is 17.9 Å². The largest absolute Gasteiger partial charge is 0.497 e. The van der Waals surface area contributed by atoms with Crippen LogP contribution >= 0.6 is 11.6 Å². The molecule has 114 valence electrons. The van der Waals surface area contributed by atoms with Crippen LogP contribution in [0.25, 0.3) is 0 Å². The molecule has 0 heterocycles. The molecule has 0 bridgehead atoms. The van der Waals surface area contributed by atoms with Crippen LogP contribution in [0.4, 0.5) is 0 Å². The maximum absolute atomic E-state index is 12.3. The number of hydrogen-bond donors (Lipinski definition) is 1. The molecule has 0 aliphatic heterocycles. The fourth-order valence-corrected chi connectivity index (χ4v) is 2.76. The van der Waals surface area contributed by atoms with Crippen LogP contribution in [0.5, 0.6) is 5.75 Å². The Bertz CT molecular complexity index is 678. The van der Waals surface area contributed by atoms with Crippen LogP contribution in [0.15, 0.2) is 48.5 Å². The van der Waals surface area contributed by atoms with Gasteiger partial charge in [-0.05, 0) is 48.7 Å². The second-order valence-electron chi connectivity index (χ2n) is 5.70. The Labute approximate surface area is 135 Å². The molecular formula is C18H18ClNO2. The molecule has 1 aliphatic carbocycles. The van der Waals surface area contributed by atoms with Crippen molar-refractivity contribution in [3.8, 4) is 5.75 Å².